The van der Waals surface area contributed by atoms with Gasteiger partial charge in [-0.1, -0.05) is 24.0 Å². The van der Waals surface area contributed by atoms with Crippen LogP contribution in [0.3, 0.4) is 0 Å². The smallest absolute Gasteiger partial charge is 0.267 e. The first-order valence-corrected chi connectivity index (χ1v) is 11.7. The number of rotatable bonds is 10. The van der Waals surface area contributed by atoms with Crippen molar-refractivity contribution in [3.8, 4) is 17.6 Å². The van der Waals surface area contributed by atoms with Crippen LogP contribution in [0.25, 0.3) is 0 Å². The van der Waals surface area contributed by atoms with Gasteiger partial charge in [0.2, 0.25) is 5.91 Å². The summed E-state index contributed by atoms with van der Waals surface area (Å²) in [6, 6.07) is 20.2. The Labute approximate surface area is 220 Å². The number of hydrogen-bond donors (Lipinski definition) is 6. The molecule has 3 amide bonds. The number of nitrogens with two attached hydrogens (primary N) is 1. The topological polar surface area (TPSA) is 155 Å². The molecule has 0 radical (unpaired) electrons. The largest absolute Gasteiger partial charge is 0.497 e. The van der Waals surface area contributed by atoms with Gasteiger partial charge in [-0.15, -0.1) is 0 Å². The molecule has 0 saturated heterocycles. The molecule has 196 valence electrons. The normalized spacial score (nSPS) is 10.9. The highest BCUT2D eigenvalue weighted by Gasteiger charge is 2.19. The second-order valence-corrected chi connectivity index (χ2v) is 8.14. The highest BCUT2D eigenvalue weighted by atomic mass is 16.5. The number of carbonyl (C=O) groups excluding carboxylic acids is 3. The number of hydrogen-bond acceptors (Lipinski definition) is 7. The summed E-state index contributed by atoms with van der Waals surface area (Å²) in [5, 5.41) is 17.1. The van der Waals surface area contributed by atoms with E-state index in [9.17, 15) is 14.4 Å². The summed E-state index contributed by atoms with van der Waals surface area (Å²) in [7, 11) is 1.62. The third kappa shape index (κ3) is 8.46. The Balaban J connectivity index is 1.47. The van der Waals surface area contributed by atoms with Gasteiger partial charge in [0.1, 0.15) is 11.8 Å². The van der Waals surface area contributed by atoms with Gasteiger partial charge in [-0.05, 0) is 66.2 Å². The Kier molecular flexibility index (Phi) is 10.4. The second kappa shape index (κ2) is 14.2. The lowest BCUT2D eigenvalue weighted by atomic mass is 10.1. The van der Waals surface area contributed by atoms with Crippen LogP contribution in [0.15, 0.2) is 72.8 Å². The highest BCUT2D eigenvalue weighted by Crippen LogP contribution is 2.12. The molecule has 10 nitrogen and oxygen atoms in total. The van der Waals surface area contributed by atoms with Gasteiger partial charge >= 0.3 is 0 Å². The van der Waals surface area contributed by atoms with Crippen LogP contribution in [0.1, 0.15) is 27.0 Å². The van der Waals surface area contributed by atoms with Crippen molar-refractivity contribution in [3.05, 3.63) is 95.1 Å². The Bertz CT molecular complexity index is 1300. The van der Waals surface area contributed by atoms with Gasteiger partial charge in [0.15, 0.2) is 0 Å². The van der Waals surface area contributed by atoms with Gasteiger partial charge in [0.25, 0.3) is 11.8 Å². The van der Waals surface area contributed by atoms with E-state index in [2.05, 4.69) is 27.8 Å². The van der Waals surface area contributed by atoms with Gasteiger partial charge in [-0.3, -0.25) is 19.6 Å². The summed E-state index contributed by atoms with van der Waals surface area (Å²) in [5.41, 5.74) is 10.4. The molecule has 0 unspecified atom stereocenters. The van der Waals surface area contributed by atoms with Gasteiger partial charge in [0, 0.05) is 35.5 Å². The molecule has 10 heteroatoms. The van der Waals surface area contributed by atoms with Crippen LogP contribution >= 0.6 is 0 Å². The fourth-order valence-electron chi connectivity index (χ4n) is 3.31. The van der Waals surface area contributed by atoms with Gasteiger partial charge in [-0.25, -0.2) is 5.48 Å². The molecule has 38 heavy (non-hydrogen) atoms. The van der Waals surface area contributed by atoms with Crippen LogP contribution in [0.4, 0.5) is 5.69 Å². The first-order chi connectivity index (χ1) is 18.4. The minimum absolute atomic E-state index is 0.156. The number of nitrogens with one attached hydrogen (secondary N) is 4. The zero-order valence-electron chi connectivity index (χ0n) is 20.8. The van der Waals surface area contributed by atoms with E-state index in [4.69, 9.17) is 15.7 Å². The van der Waals surface area contributed by atoms with E-state index in [-0.39, 0.29) is 19.0 Å². The summed E-state index contributed by atoms with van der Waals surface area (Å²) in [6.07, 6.45) is 0. The molecule has 0 aliphatic rings. The van der Waals surface area contributed by atoms with Crippen LogP contribution < -0.4 is 31.9 Å². The zero-order chi connectivity index (χ0) is 27.3. The van der Waals surface area contributed by atoms with E-state index in [0.29, 0.717) is 23.4 Å². The summed E-state index contributed by atoms with van der Waals surface area (Å²) in [4.78, 5) is 36.0. The molecule has 0 aliphatic carbocycles. The molecule has 1 atom stereocenters. The number of anilines is 1. The third-order valence-corrected chi connectivity index (χ3v) is 5.41. The quantitative estimate of drug-likeness (QED) is 0.135. The summed E-state index contributed by atoms with van der Waals surface area (Å²) >= 11 is 0. The first kappa shape index (κ1) is 27.9. The maximum atomic E-state index is 12.3. The number of carbonyl (C=O) groups is 3. The average molecular weight is 516 g/mol. The third-order valence-electron chi connectivity index (χ3n) is 5.41. The zero-order valence-corrected chi connectivity index (χ0v) is 20.8. The van der Waals surface area contributed by atoms with E-state index in [1.807, 2.05) is 24.3 Å². The van der Waals surface area contributed by atoms with Crippen molar-refractivity contribution < 1.29 is 24.3 Å². The summed E-state index contributed by atoms with van der Waals surface area (Å²) in [5.74, 6) is 5.38. The number of benzene rings is 3. The SMILES string of the molecule is COc1ccc(CNCC(=O)Nc2ccc(C#Cc3ccc(C(=O)N[C@@H](CN)C(=O)NO)cc3)cc2)cc1. The standard InChI is InChI=1S/C28H29N5O5/c1-38-24-14-8-21(9-15-24)17-30-18-26(34)31-23-12-6-20(7-13-23)3-2-19-4-10-22(11-5-19)27(35)32-25(16-29)28(36)33-37/h4-15,25,30,37H,16-18,29H2,1H3,(H,31,34)(H,32,35)(H,33,36)/t25-/m0/s1. The van der Waals surface area contributed by atoms with E-state index >= 15 is 0 Å². The van der Waals surface area contributed by atoms with Crippen LogP contribution in [-0.4, -0.2) is 49.2 Å². The van der Waals surface area contributed by atoms with Gasteiger partial charge in [-0.2, -0.15) is 0 Å². The Morgan fingerprint density at radius 2 is 1.53 bits per heavy atom. The van der Waals surface area contributed by atoms with Crippen molar-refractivity contribution in [1.82, 2.24) is 16.1 Å². The monoisotopic (exact) mass is 515 g/mol. The van der Waals surface area contributed by atoms with E-state index in [1.54, 1.807) is 55.6 Å². The number of ether oxygens (including phenoxy) is 1. The predicted octanol–water partition coefficient (Wildman–Crippen LogP) is 1.39. The fraction of sp³-hybridized carbons (Fsp3) is 0.179. The maximum absolute atomic E-state index is 12.3. The van der Waals surface area contributed by atoms with Gasteiger partial charge < -0.3 is 26.4 Å². The molecular formula is C28H29N5O5. The van der Waals surface area contributed by atoms with Crippen LogP contribution in [0.2, 0.25) is 0 Å². The van der Waals surface area contributed by atoms with Crippen molar-refractivity contribution >= 4 is 23.4 Å². The molecule has 3 rings (SSSR count). The summed E-state index contributed by atoms with van der Waals surface area (Å²) < 4.78 is 5.13. The molecule has 0 aromatic heterocycles. The lowest BCUT2D eigenvalue weighted by Crippen LogP contribution is -2.50. The van der Waals surface area contributed by atoms with Gasteiger partial charge in [0.05, 0.1) is 13.7 Å². The first-order valence-electron chi connectivity index (χ1n) is 11.7. The van der Waals surface area contributed by atoms with Crippen molar-refractivity contribution in [2.45, 2.75) is 12.6 Å². The van der Waals surface area contributed by atoms with Crippen molar-refractivity contribution in [3.63, 3.8) is 0 Å². The van der Waals surface area contributed by atoms with E-state index in [0.717, 1.165) is 16.9 Å². The van der Waals surface area contributed by atoms with Crippen LogP contribution in [-0.2, 0) is 16.1 Å². The molecule has 7 N–H and O–H groups in total. The lowest BCUT2D eigenvalue weighted by Gasteiger charge is -2.14. The minimum Gasteiger partial charge on any atom is -0.497 e. The molecule has 3 aromatic carbocycles. The van der Waals surface area contributed by atoms with Crippen molar-refractivity contribution in [2.24, 2.45) is 5.73 Å². The molecule has 0 fully saturated rings. The molecule has 0 bridgehead atoms. The molecule has 0 spiro atoms. The van der Waals surface area contributed by atoms with Crippen molar-refractivity contribution in [1.29, 1.82) is 0 Å². The molecule has 3 aromatic rings. The average Bonchev–Trinajstić information content (AvgIpc) is 2.95. The molecule has 0 heterocycles. The molecule has 0 aliphatic heterocycles. The van der Waals surface area contributed by atoms with Crippen LogP contribution in [0.5, 0.6) is 5.75 Å². The van der Waals surface area contributed by atoms with E-state index < -0.39 is 17.9 Å². The van der Waals surface area contributed by atoms with E-state index in [1.165, 1.54) is 5.48 Å². The van der Waals surface area contributed by atoms with Crippen LogP contribution in [0, 0.1) is 11.8 Å². The predicted molar refractivity (Wildman–Crippen MR) is 142 cm³/mol. The number of methoxy groups -OCH3 is 1. The second-order valence-electron chi connectivity index (χ2n) is 8.14. The highest BCUT2D eigenvalue weighted by molar-refractivity contribution is 5.97. The Hall–Kier alpha value is -4.69. The van der Waals surface area contributed by atoms with Crippen molar-refractivity contribution in [2.75, 3.05) is 25.5 Å². The minimum atomic E-state index is -1.05. The maximum Gasteiger partial charge on any atom is 0.267 e. The fourth-order valence-corrected chi connectivity index (χ4v) is 3.31. The molecular weight excluding hydrogens is 486 g/mol. The Morgan fingerprint density at radius 1 is 0.921 bits per heavy atom. The Morgan fingerprint density at radius 3 is 2.08 bits per heavy atom. The molecule has 0 saturated carbocycles. The summed E-state index contributed by atoms with van der Waals surface area (Å²) in [6.45, 7) is 0.571. The number of amides is 3. The number of hydroxylamine groups is 1. The lowest BCUT2D eigenvalue weighted by molar-refractivity contribution is -0.130.